The Bertz CT molecular complexity index is 938. The summed E-state index contributed by atoms with van der Waals surface area (Å²) in [5, 5.41) is 0. The molecule has 1 aliphatic rings. The van der Waals surface area contributed by atoms with Gasteiger partial charge in [0.2, 0.25) is 0 Å². The van der Waals surface area contributed by atoms with Crippen molar-refractivity contribution in [1.82, 2.24) is 24.8 Å². The Balaban J connectivity index is 1.40. The van der Waals surface area contributed by atoms with Crippen LogP contribution in [0.4, 0.5) is 4.79 Å². The maximum Gasteiger partial charge on any atom is 0.410 e. The largest absolute Gasteiger partial charge is 0.445 e. The van der Waals surface area contributed by atoms with Crippen molar-refractivity contribution in [1.29, 1.82) is 0 Å². The van der Waals surface area contributed by atoms with Crippen molar-refractivity contribution in [2.24, 2.45) is 0 Å². The molecule has 1 N–H and O–H groups in total. The van der Waals surface area contributed by atoms with E-state index in [0.29, 0.717) is 31.2 Å². The third kappa shape index (κ3) is 3.75. The number of H-pyrrole nitrogens is 1. The SMILES string of the molecule is Cc1ccc(COC(=O)N2CCO[C@H](c3nc4ncncc4[nH]3)C2)c(C)c1. The predicted molar refractivity (Wildman–Crippen MR) is 98.1 cm³/mol. The number of hydrogen-bond acceptors (Lipinski definition) is 6. The monoisotopic (exact) mass is 367 g/mol. The molecule has 1 saturated heterocycles. The first-order valence-corrected chi connectivity index (χ1v) is 8.85. The van der Waals surface area contributed by atoms with Crippen LogP contribution in [0, 0.1) is 13.8 Å². The van der Waals surface area contributed by atoms with Gasteiger partial charge in [0.05, 0.1) is 19.3 Å². The van der Waals surface area contributed by atoms with Crippen molar-refractivity contribution in [3.8, 4) is 0 Å². The average Bonchev–Trinajstić information content (AvgIpc) is 3.11. The third-order valence-electron chi connectivity index (χ3n) is 4.66. The van der Waals surface area contributed by atoms with Gasteiger partial charge in [-0.3, -0.25) is 0 Å². The smallest absolute Gasteiger partial charge is 0.410 e. The number of fused-ring (bicyclic) bond motifs is 1. The predicted octanol–water partition coefficient (Wildman–Crippen LogP) is 2.68. The van der Waals surface area contributed by atoms with E-state index in [1.54, 1.807) is 11.1 Å². The Labute approximate surface area is 156 Å². The zero-order chi connectivity index (χ0) is 18.8. The van der Waals surface area contributed by atoms with Gasteiger partial charge in [0.25, 0.3) is 0 Å². The standard InChI is InChI=1S/C19H21N5O3/c1-12-3-4-14(13(2)7-12)10-27-19(25)24-5-6-26-16(9-24)18-22-15-8-20-11-21-17(15)23-18/h3-4,7-8,11,16H,5-6,9-10H2,1-2H3,(H,20,21,22,23)/t16-/m0/s1. The van der Waals surface area contributed by atoms with Crippen LogP contribution in [0.1, 0.15) is 28.6 Å². The van der Waals surface area contributed by atoms with E-state index in [1.165, 1.54) is 11.9 Å². The van der Waals surface area contributed by atoms with Gasteiger partial charge in [-0.15, -0.1) is 0 Å². The zero-order valence-electron chi connectivity index (χ0n) is 15.3. The average molecular weight is 367 g/mol. The van der Waals surface area contributed by atoms with E-state index in [9.17, 15) is 4.79 Å². The molecule has 1 aromatic carbocycles. The number of nitrogens with one attached hydrogen (secondary N) is 1. The number of aryl methyl sites for hydroxylation is 2. The van der Waals surface area contributed by atoms with Crippen molar-refractivity contribution in [3.05, 3.63) is 53.2 Å². The van der Waals surface area contributed by atoms with Crippen LogP contribution in [0.25, 0.3) is 11.2 Å². The molecule has 0 bridgehead atoms. The summed E-state index contributed by atoms with van der Waals surface area (Å²) in [7, 11) is 0. The number of rotatable bonds is 3. The molecule has 0 radical (unpaired) electrons. The van der Waals surface area contributed by atoms with Crippen LogP contribution in [0.2, 0.25) is 0 Å². The lowest BCUT2D eigenvalue weighted by atomic mass is 10.1. The van der Waals surface area contributed by atoms with Crippen molar-refractivity contribution >= 4 is 17.3 Å². The van der Waals surface area contributed by atoms with Gasteiger partial charge in [-0.1, -0.05) is 23.8 Å². The molecule has 27 heavy (non-hydrogen) atoms. The van der Waals surface area contributed by atoms with E-state index >= 15 is 0 Å². The Kier molecular flexibility index (Phi) is 4.72. The van der Waals surface area contributed by atoms with Gasteiger partial charge in [0.1, 0.15) is 30.4 Å². The number of morpholine rings is 1. The minimum absolute atomic E-state index is 0.257. The highest BCUT2D eigenvalue weighted by Gasteiger charge is 2.28. The Hall–Kier alpha value is -3.00. The maximum absolute atomic E-state index is 12.5. The molecule has 1 amide bonds. The fourth-order valence-corrected chi connectivity index (χ4v) is 3.15. The Morgan fingerprint density at radius 2 is 2.30 bits per heavy atom. The van der Waals surface area contributed by atoms with Gasteiger partial charge in [-0.2, -0.15) is 0 Å². The van der Waals surface area contributed by atoms with E-state index in [-0.39, 0.29) is 18.8 Å². The Morgan fingerprint density at radius 1 is 1.41 bits per heavy atom. The minimum Gasteiger partial charge on any atom is -0.445 e. The molecule has 1 aliphatic heterocycles. The summed E-state index contributed by atoms with van der Waals surface area (Å²) < 4.78 is 11.3. The molecular weight excluding hydrogens is 346 g/mol. The highest BCUT2D eigenvalue weighted by molar-refractivity contribution is 5.69. The fraction of sp³-hybridized carbons (Fsp3) is 0.368. The molecule has 2 aromatic heterocycles. The molecule has 0 saturated carbocycles. The molecule has 1 fully saturated rings. The number of carbonyl (C=O) groups is 1. The van der Waals surface area contributed by atoms with Gasteiger partial charge in [-0.05, 0) is 25.0 Å². The second-order valence-corrected chi connectivity index (χ2v) is 6.67. The molecule has 3 heterocycles. The fourth-order valence-electron chi connectivity index (χ4n) is 3.15. The molecular formula is C19H21N5O3. The van der Waals surface area contributed by atoms with Crippen LogP contribution in [0.15, 0.2) is 30.7 Å². The summed E-state index contributed by atoms with van der Waals surface area (Å²) in [6.07, 6.45) is 2.42. The minimum atomic E-state index is -0.348. The Morgan fingerprint density at radius 3 is 3.11 bits per heavy atom. The number of carbonyl (C=O) groups excluding carboxylic acids is 1. The van der Waals surface area contributed by atoms with Crippen LogP contribution in [0.5, 0.6) is 0 Å². The number of aromatic amines is 1. The van der Waals surface area contributed by atoms with Crippen LogP contribution < -0.4 is 0 Å². The van der Waals surface area contributed by atoms with Crippen LogP contribution >= 0.6 is 0 Å². The van der Waals surface area contributed by atoms with Crippen molar-refractivity contribution in [2.75, 3.05) is 19.7 Å². The maximum atomic E-state index is 12.5. The molecule has 1 atom stereocenters. The summed E-state index contributed by atoms with van der Waals surface area (Å²) in [6.45, 7) is 5.60. The zero-order valence-corrected chi connectivity index (χ0v) is 15.3. The van der Waals surface area contributed by atoms with Crippen molar-refractivity contribution in [3.63, 3.8) is 0 Å². The van der Waals surface area contributed by atoms with Gasteiger partial charge in [0, 0.05) is 6.54 Å². The third-order valence-corrected chi connectivity index (χ3v) is 4.66. The van der Waals surface area contributed by atoms with E-state index in [4.69, 9.17) is 9.47 Å². The van der Waals surface area contributed by atoms with Gasteiger partial charge >= 0.3 is 6.09 Å². The number of ether oxygens (including phenoxy) is 2. The van der Waals surface area contributed by atoms with Gasteiger partial charge in [0.15, 0.2) is 5.65 Å². The van der Waals surface area contributed by atoms with E-state index in [2.05, 4.69) is 26.0 Å². The van der Waals surface area contributed by atoms with E-state index < -0.39 is 0 Å². The van der Waals surface area contributed by atoms with E-state index in [0.717, 1.165) is 16.6 Å². The second-order valence-electron chi connectivity index (χ2n) is 6.67. The molecule has 8 heteroatoms. The lowest BCUT2D eigenvalue weighted by molar-refractivity contribution is -0.0330. The highest BCUT2D eigenvalue weighted by Crippen LogP contribution is 2.22. The van der Waals surface area contributed by atoms with Gasteiger partial charge < -0.3 is 19.4 Å². The first-order valence-electron chi connectivity index (χ1n) is 8.85. The summed E-state index contributed by atoms with van der Waals surface area (Å²) in [5.74, 6) is 0.636. The summed E-state index contributed by atoms with van der Waals surface area (Å²) in [5.41, 5.74) is 4.64. The number of aromatic nitrogens is 4. The number of amides is 1. The lowest BCUT2D eigenvalue weighted by Gasteiger charge is -2.31. The van der Waals surface area contributed by atoms with Crippen molar-refractivity contribution in [2.45, 2.75) is 26.6 Å². The highest BCUT2D eigenvalue weighted by atomic mass is 16.6. The second kappa shape index (κ2) is 7.32. The molecule has 4 rings (SSSR count). The topological polar surface area (TPSA) is 93.2 Å². The molecule has 8 nitrogen and oxygen atoms in total. The molecule has 140 valence electrons. The first kappa shape index (κ1) is 17.4. The number of hydrogen-bond donors (Lipinski definition) is 1. The molecule has 0 spiro atoms. The quantitative estimate of drug-likeness (QED) is 0.765. The summed E-state index contributed by atoms with van der Waals surface area (Å²) in [4.78, 5) is 29.8. The number of benzene rings is 1. The first-order chi connectivity index (χ1) is 13.1. The van der Waals surface area contributed by atoms with Crippen LogP contribution in [-0.4, -0.2) is 50.6 Å². The van der Waals surface area contributed by atoms with Crippen molar-refractivity contribution < 1.29 is 14.3 Å². The molecule has 0 unspecified atom stereocenters. The van der Waals surface area contributed by atoms with Crippen LogP contribution in [0.3, 0.4) is 0 Å². The summed E-state index contributed by atoms with van der Waals surface area (Å²) >= 11 is 0. The van der Waals surface area contributed by atoms with E-state index in [1.807, 2.05) is 26.0 Å². The van der Waals surface area contributed by atoms with Crippen LogP contribution in [-0.2, 0) is 16.1 Å². The normalized spacial score (nSPS) is 17.3. The van der Waals surface area contributed by atoms with Gasteiger partial charge in [-0.25, -0.2) is 19.7 Å². The number of nitrogens with zero attached hydrogens (tertiary/aromatic N) is 4. The molecule has 3 aromatic rings. The molecule has 0 aliphatic carbocycles. The summed E-state index contributed by atoms with van der Waals surface area (Å²) in [6, 6.07) is 6.10. The number of imidazole rings is 1. The lowest BCUT2D eigenvalue weighted by Crippen LogP contribution is -2.42.